The third-order valence-electron chi connectivity index (χ3n) is 6.38. The second kappa shape index (κ2) is 8.61. The summed E-state index contributed by atoms with van der Waals surface area (Å²) in [6, 6.07) is 1.61. The molecule has 2 aromatic heterocycles. The number of aromatic nitrogens is 2. The van der Waals surface area contributed by atoms with Gasteiger partial charge in [-0.15, -0.1) is 11.3 Å². The van der Waals surface area contributed by atoms with Gasteiger partial charge in [-0.3, -0.25) is 4.79 Å². The normalized spacial score (nSPS) is 23.6. The minimum absolute atomic E-state index is 0.0328. The first-order valence-corrected chi connectivity index (χ1v) is 13.1. The van der Waals surface area contributed by atoms with Gasteiger partial charge in [0.15, 0.2) is 0 Å². The Hall–Kier alpha value is -1.82. The van der Waals surface area contributed by atoms with Crippen molar-refractivity contribution < 1.29 is 22.5 Å². The van der Waals surface area contributed by atoms with Crippen LogP contribution < -0.4 is 0 Å². The van der Waals surface area contributed by atoms with Crippen molar-refractivity contribution in [1.29, 1.82) is 0 Å². The SMILES string of the molecule is O=C([C@@H]1CCCN(S(=O)(=O)c2cc(-c3noc(C4CCC4)n3)cs2)C1)N1CCOCC1. The van der Waals surface area contributed by atoms with E-state index in [0.717, 1.165) is 24.2 Å². The molecule has 1 saturated carbocycles. The molecule has 9 nitrogen and oxygen atoms in total. The summed E-state index contributed by atoms with van der Waals surface area (Å²) in [6.07, 6.45) is 4.68. The third-order valence-corrected chi connectivity index (χ3v) is 9.66. The maximum atomic E-state index is 13.3. The predicted octanol–water partition coefficient (Wildman–Crippen LogP) is 2.33. The van der Waals surface area contributed by atoms with Crippen LogP contribution in [0.5, 0.6) is 0 Å². The second-order valence-electron chi connectivity index (χ2n) is 8.38. The van der Waals surface area contributed by atoms with Crippen LogP contribution in [0.25, 0.3) is 11.4 Å². The Labute approximate surface area is 185 Å². The summed E-state index contributed by atoms with van der Waals surface area (Å²) in [5.41, 5.74) is 0.649. The Kier molecular flexibility index (Phi) is 5.84. The number of thiophene rings is 1. The lowest BCUT2D eigenvalue weighted by molar-refractivity contribution is -0.140. The van der Waals surface area contributed by atoms with Crippen molar-refractivity contribution in [3.63, 3.8) is 0 Å². The van der Waals surface area contributed by atoms with E-state index in [1.807, 2.05) is 0 Å². The zero-order chi connectivity index (χ0) is 21.4. The maximum absolute atomic E-state index is 13.3. The molecule has 2 saturated heterocycles. The zero-order valence-electron chi connectivity index (χ0n) is 17.2. The Morgan fingerprint density at radius 3 is 2.68 bits per heavy atom. The average Bonchev–Trinajstić information content (AvgIpc) is 3.43. The van der Waals surface area contributed by atoms with E-state index in [-0.39, 0.29) is 22.6 Å². The van der Waals surface area contributed by atoms with Crippen LogP contribution in [0.1, 0.15) is 43.9 Å². The molecule has 168 valence electrons. The Morgan fingerprint density at radius 2 is 1.94 bits per heavy atom. The van der Waals surface area contributed by atoms with E-state index < -0.39 is 10.0 Å². The first kappa shape index (κ1) is 21.0. The van der Waals surface area contributed by atoms with Gasteiger partial charge in [-0.1, -0.05) is 11.6 Å². The van der Waals surface area contributed by atoms with Crippen molar-refractivity contribution in [2.24, 2.45) is 5.92 Å². The van der Waals surface area contributed by atoms with Gasteiger partial charge in [0.05, 0.1) is 19.1 Å². The quantitative estimate of drug-likeness (QED) is 0.666. The summed E-state index contributed by atoms with van der Waals surface area (Å²) >= 11 is 1.16. The van der Waals surface area contributed by atoms with Crippen LogP contribution in [0.4, 0.5) is 0 Å². The molecule has 0 aromatic carbocycles. The molecular formula is C20H26N4O5S2. The molecule has 4 heterocycles. The Balaban J connectivity index is 1.29. The van der Waals surface area contributed by atoms with Gasteiger partial charge in [0.2, 0.25) is 17.6 Å². The molecule has 0 unspecified atom stereocenters. The standard InChI is InChI=1S/C20H26N4O5S2/c25-20(23-7-9-28-10-8-23)15-5-2-6-24(12-15)31(26,27)17-11-16(13-30-17)18-21-19(29-22-18)14-3-1-4-14/h11,13-15H,1-10,12H2/t15-/m1/s1. The van der Waals surface area contributed by atoms with E-state index in [0.29, 0.717) is 68.9 Å². The number of sulfonamides is 1. The molecular weight excluding hydrogens is 440 g/mol. The number of carbonyl (C=O) groups excluding carboxylic acids is 1. The van der Waals surface area contributed by atoms with Gasteiger partial charge in [-0.25, -0.2) is 8.42 Å². The molecule has 0 bridgehead atoms. The van der Waals surface area contributed by atoms with E-state index in [2.05, 4.69) is 10.1 Å². The maximum Gasteiger partial charge on any atom is 0.252 e. The predicted molar refractivity (Wildman–Crippen MR) is 113 cm³/mol. The molecule has 3 aliphatic rings. The van der Waals surface area contributed by atoms with Crippen LogP contribution in [0.2, 0.25) is 0 Å². The summed E-state index contributed by atoms with van der Waals surface area (Å²) in [5.74, 6) is 1.13. The second-order valence-corrected chi connectivity index (χ2v) is 11.5. The smallest absolute Gasteiger partial charge is 0.252 e. The number of ether oxygens (including phenoxy) is 1. The van der Waals surface area contributed by atoms with E-state index >= 15 is 0 Å². The van der Waals surface area contributed by atoms with Crippen LogP contribution in [0.15, 0.2) is 20.2 Å². The monoisotopic (exact) mass is 466 g/mol. The highest BCUT2D eigenvalue weighted by molar-refractivity contribution is 7.91. The largest absolute Gasteiger partial charge is 0.378 e. The van der Waals surface area contributed by atoms with Crippen LogP contribution >= 0.6 is 11.3 Å². The molecule has 1 amide bonds. The van der Waals surface area contributed by atoms with E-state index in [4.69, 9.17) is 9.26 Å². The van der Waals surface area contributed by atoms with Crippen LogP contribution in [-0.2, 0) is 19.6 Å². The fourth-order valence-electron chi connectivity index (χ4n) is 4.27. The fraction of sp³-hybridized carbons (Fsp3) is 0.650. The van der Waals surface area contributed by atoms with Crippen molar-refractivity contribution in [3.8, 4) is 11.4 Å². The molecule has 2 aliphatic heterocycles. The molecule has 5 rings (SSSR count). The lowest BCUT2D eigenvalue weighted by atomic mass is 9.85. The van der Waals surface area contributed by atoms with E-state index in [1.165, 1.54) is 10.7 Å². The molecule has 31 heavy (non-hydrogen) atoms. The van der Waals surface area contributed by atoms with Crippen molar-refractivity contribution in [3.05, 3.63) is 17.3 Å². The number of amides is 1. The Morgan fingerprint density at radius 1 is 1.13 bits per heavy atom. The first-order valence-electron chi connectivity index (χ1n) is 10.8. The fourth-order valence-corrected chi connectivity index (χ4v) is 7.11. The highest BCUT2D eigenvalue weighted by Crippen LogP contribution is 2.37. The van der Waals surface area contributed by atoms with Crippen LogP contribution in [-0.4, -0.2) is 73.1 Å². The third kappa shape index (κ3) is 4.15. The molecule has 3 fully saturated rings. The van der Waals surface area contributed by atoms with Crippen molar-refractivity contribution in [2.75, 3.05) is 39.4 Å². The highest BCUT2D eigenvalue weighted by atomic mass is 32.2. The summed E-state index contributed by atoms with van der Waals surface area (Å²) in [4.78, 5) is 19.1. The van der Waals surface area contributed by atoms with Gasteiger partial charge >= 0.3 is 0 Å². The highest BCUT2D eigenvalue weighted by Gasteiger charge is 2.36. The summed E-state index contributed by atoms with van der Waals surface area (Å²) in [5, 5.41) is 5.79. The van der Waals surface area contributed by atoms with Gasteiger partial charge in [0.25, 0.3) is 10.0 Å². The van der Waals surface area contributed by atoms with E-state index in [9.17, 15) is 13.2 Å². The van der Waals surface area contributed by atoms with Gasteiger partial charge < -0.3 is 14.2 Å². The first-order chi connectivity index (χ1) is 15.0. The molecule has 0 spiro atoms. The molecule has 0 N–H and O–H groups in total. The number of rotatable bonds is 5. The minimum atomic E-state index is -3.68. The van der Waals surface area contributed by atoms with Crippen molar-refractivity contribution in [2.45, 2.75) is 42.2 Å². The van der Waals surface area contributed by atoms with Crippen LogP contribution in [0, 0.1) is 5.92 Å². The molecule has 2 aromatic rings. The van der Waals surface area contributed by atoms with E-state index in [1.54, 1.807) is 16.3 Å². The molecule has 11 heteroatoms. The average molecular weight is 467 g/mol. The van der Waals surface area contributed by atoms with Crippen LogP contribution in [0.3, 0.4) is 0 Å². The van der Waals surface area contributed by atoms with Gasteiger partial charge in [0, 0.05) is 43.0 Å². The van der Waals surface area contributed by atoms with Crippen molar-refractivity contribution >= 4 is 27.3 Å². The summed E-state index contributed by atoms with van der Waals surface area (Å²) in [7, 11) is -3.68. The summed E-state index contributed by atoms with van der Waals surface area (Å²) < 4.78 is 38.9. The van der Waals surface area contributed by atoms with Gasteiger partial charge in [0.1, 0.15) is 4.21 Å². The minimum Gasteiger partial charge on any atom is -0.378 e. The topological polar surface area (TPSA) is 106 Å². The Bertz CT molecular complexity index is 1040. The molecule has 1 aliphatic carbocycles. The van der Waals surface area contributed by atoms with Crippen molar-refractivity contribution in [1.82, 2.24) is 19.3 Å². The number of nitrogens with zero attached hydrogens (tertiary/aromatic N) is 4. The number of hydrogen-bond acceptors (Lipinski definition) is 8. The van der Waals surface area contributed by atoms with Gasteiger partial charge in [-0.2, -0.15) is 9.29 Å². The summed E-state index contributed by atoms with van der Waals surface area (Å²) in [6.45, 7) is 2.87. The molecule has 0 radical (unpaired) electrons. The number of hydrogen-bond donors (Lipinski definition) is 0. The number of morpholine rings is 1. The molecule has 1 atom stereocenters. The number of piperidine rings is 1. The lowest BCUT2D eigenvalue weighted by Gasteiger charge is -2.35. The van der Waals surface area contributed by atoms with Gasteiger partial charge in [-0.05, 0) is 31.7 Å². The zero-order valence-corrected chi connectivity index (χ0v) is 18.9. The number of carbonyl (C=O) groups is 1. The lowest BCUT2D eigenvalue weighted by Crippen LogP contribution is -2.49.